The van der Waals surface area contributed by atoms with E-state index in [1.807, 2.05) is 24.3 Å². The molecule has 2 heterocycles. The van der Waals surface area contributed by atoms with Crippen molar-refractivity contribution < 1.29 is 14.3 Å². The zero-order valence-electron chi connectivity index (χ0n) is 16.0. The third-order valence-corrected chi connectivity index (χ3v) is 6.47. The number of aromatic amines is 1. The smallest absolute Gasteiger partial charge is 0.305 e. The van der Waals surface area contributed by atoms with E-state index in [-0.39, 0.29) is 11.5 Å². The standard InChI is InChI=1S/C20H22N2O4S2/c1-4-14-16(12-7-5-8-13(11-12)25-2)17-18(24)21-20(22-19(17)28-14)27-10-6-9-15(23)26-3/h5,7-8,11H,4,6,9-10H2,1-3H3,(H,21,22,24). The number of methoxy groups -OCH3 is 2. The number of nitrogens with one attached hydrogen (secondary N) is 1. The first kappa shape index (κ1) is 20.4. The molecule has 0 amide bonds. The van der Waals surface area contributed by atoms with Gasteiger partial charge in [0.25, 0.3) is 5.56 Å². The highest BCUT2D eigenvalue weighted by Gasteiger charge is 2.18. The lowest BCUT2D eigenvalue weighted by molar-refractivity contribution is -0.140. The fourth-order valence-corrected chi connectivity index (χ4v) is 4.92. The number of esters is 1. The fraction of sp³-hybridized carbons (Fsp3) is 0.350. The van der Waals surface area contributed by atoms with E-state index in [0.29, 0.717) is 29.1 Å². The third kappa shape index (κ3) is 4.39. The molecule has 0 aliphatic carbocycles. The summed E-state index contributed by atoms with van der Waals surface area (Å²) in [6, 6.07) is 7.73. The molecule has 0 aliphatic heterocycles. The summed E-state index contributed by atoms with van der Waals surface area (Å²) in [6.45, 7) is 2.07. The molecule has 0 spiro atoms. The average Bonchev–Trinajstić information content (AvgIpc) is 3.10. The van der Waals surface area contributed by atoms with Crippen LogP contribution in [0.25, 0.3) is 21.3 Å². The predicted molar refractivity (Wildman–Crippen MR) is 114 cm³/mol. The first-order valence-corrected chi connectivity index (χ1v) is 10.8. The number of thioether (sulfide) groups is 1. The minimum atomic E-state index is -0.230. The van der Waals surface area contributed by atoms with Crippen molar-refractivity contribution in [3.8, 4) is 16.9 Å². The fourth-order valence-electron chi connectivity index (χ4n) is 2.92. The van der Waals surface area contributed by atoms with E-state index in [1.54, 1.807) is 18.4 Å². The number of ether oxygens (including phenoxy) is 2. The minimum Gasteiger partial charge on any atom is -0.497 e. The summed E-state index contributed by atoms with van der Waals surface area (Å²) in [5.74, 6) is 1.20. The summed E-state index contributed by atoms with van der Waals surface area (Å²) in [6.07, 6.45) is 1.84. The number of rotatable bonds is 8. The molecule has 0 radical (unpaired) electrons. The van der Waals surface area contributed by atoms with Gasteiger partial charge in [-0.1, -0.05) is 30.8 Å². The maximum absolute atomic E-state index is 12.9. The van der Waals surface area contributed by atoms with Gasteiger partial charge in [0.05, 0.1) is 19.6 Å². The Bertz CT molecular complexity index is 1040. The number of hydrogen-bond donors (Lipinski definition) is 1. The van der Waals surface area contributed by atoms with Gasteiger partial charge in [0, 0.05) is 22.6 Å². The second kappa shape index (κ2) is 9.25. The second-order valence-electron chi connectivity index (χ2n) is 6.07. The van der Waals surface area contributed by atoms with E-state index >= 15 is 0 Å². The van der Waals surface area contributed by atoms with Crippen LogP contribution in [0, 0.1) is 0 Å². The van der Waals surface area contributed by atoms with Gasteiger partial charge < -0.3 is 14.5 Å². The van der Waals surface area contributed by atoms with Crippen molar-refractivity contribution in [3.05, 3.63) is 39.5 Å². The van der Waals surface area contributed by atoms with E-state index in [9.17, 15) is 9.59 Å². The molecule has 0 aliphatic rings. The van der Waals surface area contributed by atoms with Crippen molar-refractivity contribution in [2.24, 2.45) is 0 Å². The molecule has 6 nitrogen and oxygen atoms in total. The first-order chi connectivity index (χ1) is 13.6. The largest absolute Gasteiger partial charge is 0.497 e. The number of hydrogen-bond acceptors (Lipinski definition) is 7. The van der Waals surface area contributed by atoms with Gasteiger partial charge in [-0.3, -0.25) is 9.59 Å². The Kier molecular flexibility index (Phi) is 6.74. The van der Waals surface area contributed by atoms with E-state index in [0.717, 1.165) is 33.0 Å². The van der Waals surface area contributed by atoms with Gasteiger partial charge in [0.1, 0.15) is 10.6 Å². The quantitative estimate of drug-likeness (QED) is 0.255. The molecular formula is C20H22N2O4S2. The minimum absolute atomic E-state index is 0.144. The lowest BCUT2D eigenvalue weighted by Crippen LogP contribution is -2.09. The van der Waals surface area contributed by atoms with Crippen molar-refractivity contribution in [2.75, 3.05) is 20.0 Å². The number of benzene rings is 1. The molecule has 0 atom stereocenters. The van der Waals surface area contributed by atoms with Crippen molar-refractivity contribution in [1.29, 1.82) is 0 Å². The highest BCUT2D eigenvalue weighted by molar-refractivity contribution is 7.99. The number of H-pyrrole nitrogens is 1. The second-order valence-corrected chi connectivity index (χ2v) is 8.23. The lowest BCUT2D eigenvalue weighted by Gasteiger charge is -2.06. The molecule has 1 aromatic carbocycles. The van der Waals surface area contributed by atoms with Crippen LogP contribution in [0.2, 0.25) is 0 Å². The average molecular weight is 419 g/mol. The zero-order valence-corrected chi connectivity index (χ0v) is 17.7. The molecule has 8 heteroatoms. The van der Waals surface area contributed by atoms with Crippen LogP contribution < -0.4 is 10.3 Å². The van der Waals surface area contributed by atoms with Crippen LogP contribution in [0.15, 0.2) is 34.2 Å². The van der Waals surface area contributed by atoms with Crippen LogP contribution in [-0.2, 0) is 16.0 Å². The Morgan fingerprint density at radius 2 is 2.14 bits per heavy atom. The van der Waals surface area contributed by atoms with Gasteiger partial charge in [-0.15, -0.1) is 11.3 Å². The van der Waals surface area contributed by atoms with E-state index < -0.39 is 0 Å². The SMILES string of the molecule is CCc1sc2nc(SCCCC(=O)OC)[nH]c(=O)c2c1-c1cccc(OC)c1. The topological polar surface area (TPSA) is 81.3 Å². The van der Waals surface area contributed by atoms with Gasteiger partial charge >= 0.3 is 5.97 Å². The third-order valence-electron chi connectivity index (χ3n) is 4.28. The van der Waals surface area contributed by atoms with Crippen LogP contribution in [0.3, 0.4) is 0 Å². The Morgan fingerprint density at radius 3 is 2.86 bits per heavy atom. The van der Waals surface area contributed by atoms with E-state index in [2.05, 4.69) is 21.6 Å². The first-order valence-electron chi connectivity index (χ1n) is 8.97. The van der Waals surface area contributed by atoms with Crippen LogP contribution in [0.4, 0.5) is 0 Å². The molecule has 0 saturated heterocycles. The predicted octanol–water partition coefficient (Wildman–Crippen LogP) is 4.27. The number of carbonyl (C=O) groups is 1. The van der Waals surface area contributed by atoms with Crippen LogP contribution in [0.5, 0.6) is 5.75 Å². The summed E-state index contributed by atoms with van der Waals surface area (Å²) >= 11 is 2.99. The Morgan fingerprint density at radius 1 is 1.32 bits per heavy atom. The number of aromatic nitrogens is 2. The molecule has 2 aromatic heterocycles. The van der Waals surface area contributed by atoms with Gasteiger partial charge in [-0.25, -0.2) is 4.98 Å². The number of fused-ring (bicyclic) bond motifs is 1. The van der Waals surface area contributed by atoms with Crippen molar-refractivity contribution >= 4 is 39.3 Å². The Labute approximate surface area is 171 Å². The van der Waals surface area contributed by atoms with Gasteiger partial charge in [0.2, 0.25) is 0 Å². The number of nitrogens with zero attached hydrogens (tertiary/aromatic N) is 1. The van der Waals surface area contributed by atoms with Crippen molar-refractivity contribution in [1.82, 2.24) is 9.97 Å². The summed E-state index contributed by atoms with van der Waals surface area (Å²) in [5, 5.41) is 1.19. The van der Waals surface area contributed by atoms with Crippen LogP contribution in [-0.4, -0.2) is 35.9 Å². The molecule has 3 rings (SSSR count). The molecular weight excluding hydrogens is 396 g/mol. The summed E-state index contributed by atoms with van der Waals surface area (Å²) < 4.78 is 9.97. The highest BCUT2D eigenvalue weighted by atomic mass is 32.2. The molecule has 3 aromatic rings. The van der Waals surface area contributed by atoms with Gasteiger partial charge in [0.15, 0.2) is 5.16 Å². The number of carbonyl (C=O) groups excluding carboxylic acids is 1. The maximum Gasteiger partial charge on any atom is 0.305 e. The molecule has 0 unspecified atom stereocenters. The Hall–Kier alpha value is -2.32. The van der Waals surface area contributed by atoms with E-state index in [4.69, 9.17) is 4.74 Å². The summed E-state index contributed by atoms with van der Waals surface area (Å²) in [5.41, 5.74) is 1.74. The van der Waals surface area contributed by atoms with Crippen molar-refractivity contribution in [3.63, 3.8) is 0 Å². The maximum atomic E-state index is 12.9. The monoisotopic (exact) mass is 418 g/mol. The van der Waals surface area contributed by atoms with Gasteiger partial charge in [-0.05, 0) is 30.5 Å². The van der Waals surface area contributed by atoms with E-state index in [1.165, 1.54) is 18.9 Å². The Balaban J connectivity index is 1.94. The molecule has 0 fully saturated rings. The van der Waals surface area contributed by atoms with Crippen LogP contribution >= 0.6 is 23.1 Å². The molecule has 148 valence electrons. The normalized spacial score (nSPS) is 11.0. The van der Waals surface area contributed by atoms with Gasteiger partial charge in [-0.2, -0.15) is 0 Å². The summed E-state index contributed by atoms with van der Waals surface area (Å²) in [7, 11) is 3.01. The van der Waals surface area contributed by atoms with Crippen molar-refractivity contribution in [2.45, 2.75) is 31.3 Å². The lowest BCUT2D eigenvalue weighted by atomic mass is 10.0. The molecule has 0 saturated carbocycles. The molecule has 0 bridgehead atoms. The van der Waals surface area contributed by atoms with Crippen LogP contribution in [0.1, 0.15) is 24.6 Å². The summed E-state index contributed by atoms with van der Waals surface area (Å²) in [4.78, 5) is 33.4. The number of aryl methyl sites for hydroxylation is 1. The number of thiophene rings is 1. The zero-order chi connectivity index (χ0) is 20.1. The molecule has 28 heavy (non-hydrogen) atoms. The highest BCUT2D eigenvalue weighted by Crippen LogP contribution is 2.38. The molecule has 1 N–H and O–H groups in total.